The van der Waals surface area contributed by atoms with E-state index in [1.165, 1.54) is 49.9 Å². The summed E-state index contributed by atoms with van der Waals surface area (Å²) in [6, 6.07) is 8.72. The Bertz CT molecular complexity index is 511. The number of likely N-dealkylation sites (tertiary alicyclic amines) is 1. The largest absolute Gasteiger partial charge is 0.492 e. The van der Waals surface area contributed by atoms with Crippen molar-refractivity contribution in [3.05, 3.63) is 41.5 Å². The summed E-state index contributed by atoms with van der Waals surface area (Å²) in [5.74, 6) is 1.82. The first-order chi connectivity index (χ1) is 12.1. The monoisotopic (exact) mass is 345 g/mol. The van der Waals surface area contributed by atoms with Gasteiger partial charge in [-0.25, -0.2) is 0 Å². The highest BCUT2D eigenvalue weighted by atomic mass is 16.5. The number of ether oxygens (including phenoxy) is 2. The first kappa shape index (κ1) is 20.0. The van der Waals surface area contributed by atoms with Crippen molar-refractivity contribution in [1.82, 2.24) is 4.90 Å². The van der Waals surface area contributed by atoms with Crippen LogP contribution in [0.25, 0.3) is 0 Å². The van der Waals surface area contributed by atoms with E-state index in [4.69, 9.17) is 9.47 Å². The van der Waals surface area contributed by atoms with E-state index in [1.807, 2.05) is 0 Å². The summed E-state index contributed by atoms with van der Waals surface area (Å²) in [6.07, 6.45) is 7.44. The molecular formula is C22H35NO2. The van der Waals surface area contributed by atoms with Gasteiger partial charge in [-0.05, 0) is 77.6 Å². The van der Waals surface area contributed by atoms with Gasteiger partial charge in [-0.1, -0.05) is 29.3 Å². The fraction of sp³-hybridized carbons (Fsp3) is 0.636. The molecule has 25 heavy (non-hydrogen) atoms. The normalized spacial score (nSPS) is 17.3. The third-order valence-electron chi connectivity index (χ3n) is 5.05. The van der Waals surface area contributed by atoms with Crippen LogP contribution in [0.5, 0.6) is 5.75 Å². The Kier molecular flexibility index (Phi) is 8.50. The van der Waals surface area contributed by atoms with Crippen molar-refractivity contribution in [2.45, 2.75) is 52.5 Å². The van der Waals surface area contributed by atoms with Crippen LogP contribution < -0.4 is 4.74 Å². The van der Waals surface area contributed by atoms with Gasteiger partial charge < -0.3 is 9.47 Å². The average Bonchev–Trinajstić information content (AvgIpc) is 2.60. The number of rotatable bonds is 9. The minimum atomic E-state index is 0.367. The van der Waals surface area contributed by atoms with Crippen molar-refractivity contribution in [2.75, 3.05) is 33.4 Å². The SMILES string of the molecule is COCCCC1CCN(C(C=C(C)C)COc2ccc(C)cc2)CC1. The molecule has 0 radical (unpaired) electrons. The minimum absolute atomic E-state index is 0.367. The van der Waals surface area contributed by atoms with Gasteiger partial charge in [-0.15, -0.1) is 0 Å². The van der Waals surface area contributed by atoms with E-state index in [2.05, 4.69) is 56.0 Å². The summed E-state index contributed by atoms with van der Waals surface area (Å²) in [5, 5.41) is 0. The first-order valence-corrected chi connectivity index (χ1v) is 9.66. The number of benzene rings is 1. The van der Waals surface area contributed by atoms with Gasteiger partial charge in [0.2, 0.25) is 0 Å². The lowest BCUT2D eigenvalue weighted by Gasteiger charge is -2.36. The second kappa shape index (κ2) is 10.6. The maximum Gasteiger partial charge on any atom is 0.119 e. The number of allylic oxidation sites excluding steroid dienone is 1. The molecule has 1 fully saturated rings. The van der Waals surface area contributed by atoms with Crippen LogP contribution in [-0.4, -0.2) is 44.4 Å². The molecule has 0 aliphatic carbocycles. The number of piperidine rings is 1. The zero-order valence-corrected chi connectivity index (χ0v) is 16.5. The van der Waals surface area contributed by atoms with Crippen molar-refractivity contribution in [3.8, 4) is 5.75 Å². The molecule has 0 amide bonds. The average molecular weight is 346 g/mol. The van der Waals surface area contributed by atoms with Gasteiger partial charge in [0.25, 0.3) is 0 Å². The molecule has 3 heteroatoms. The Hall–Kier alpha value is -1.32. The van der Waals surface area contributed by atoms with Gasteiger partial charge in [0.1, 0.15) is 12.4 Å². The maximum absolute atomic E-state index is 6.08. The third-order valence-corrected chi connectivity index (χ3v) is 5.05. The molecule has 1 aliphatic rings. The molecule has 140 valence electrons. The molecule has 3 nitrogen and oxygen atoms in total. The molecule has 0 N–H and O–H groups in total. The van der Waals surface area contributed by atoms with Crippen LogP contribution in [0.3, 0.4) is 0 Å². The topological polar surface area (TPSA) is 21.7 Å². The predicted molar refractivity (Wildman–Crippen MR) is 105 cm³/mol. The zero-order valence-electron chi connectivity index (χ0n) is 16.5. The van der Waals surface area contributed by atoms with Crippen LogP contribution in [-0.2, 0) is 4.74 Å². The number of hydrogen-bond acceptors (Lipinski definition) is 3. The maximum atomic E-state index is 6.08. The highest BCUT2D eigenvalue weighted by Gasteiger charge is 2.24. The number of hydrogen-bond donors (Lipinski definition) is 0. The summed E-state index contributed by atoms with van der Waals surface area (Å²) < 4.78 is 11.3. The van der Waals surface area contributed by atoms with E-state index < -0.39 is 0 Å². The first-order valence-electron chi connectivity index (χ1n) is 9.66. The molecule has 1 aromatic rings. The Morgan fingerprint density at radius 1 is 1.20 bits per heavy atom. The van der Waals surface area contributed by atoms with Gasteiger partial charge in [0.15, 0.2) is 0 Å². The molecule has 2 rings (SSSR count). The van der Waals surface area contributed by atoms with Crippen molar-refractivity contribution in [3.63, 3.8) is 0 Å². The molecule has 0 saturated carbocycles. The molecule has 0 spiro atoms. The number of methoxy groups -OCH3 is 1. The number of aryl methyl sites for hydroxylation is 1. The summed E-state index contributed by atoms with van der Waals surface area (Å²) in [5.41, 5.74) is 2.63. The Morgan fingerprint density at radius 2 is 1.88 bits per heavy atom. The van der Waals surface area contributed by atoms with Crippen LogP contribution in [0.2, 0.25) is 0 Å². The van der Waals surface area contributed by atoms with E-state index in [1.54, 1.807) is 7.11 Å². The Morgan fingerprint density at radius 3 is 2.48 bits per heavy atom. The van der Waals surface area contributed by atoms with Crippen LogP contribution in [0, 0.1) is 12.8 Å². The lowest BCUT2D eigenvalue weighted by atomic mass is 9.91. The summed E-state index contributed by atoms with van der Waals surface area (Å²) in [6.45, 7) is 10.4. The summed E-state index contributed by atoms with van der Waals surface area (Å²) in [7, 11) is 1.79. The standard InChI is InChI=1S/C22H35NO2/c1-18(2)16-21(17-25-22-9-7-19(3)8-10-22)23-13-11-20(12-14-23)6-5-15-24-4/h7-10,16,20-21H,5-6,11-15,17H2,1-4H3. The second-order valence-electron chi connectivity index (χ2n) is 7.55. The van der Waals surface area contributed by atoms with Crippen LogP contribution in [0.15, 0.2) is 35.9 Å². The van der Waals surface area contributed by atoms with Crippen LogP contribution in [0.1, 0.15) is 45.1 Å². The van der Waals surface area contributed by atoms with Gasteiger partial charge in [0, 0.05) is 13.7 Å². The molecule has 1 saturated heterocycles. The smallest absolute Gasteiger partial charge is 0.119 e. The molecule has 0 bridgehead atoms. The van der Waals surface area contributed by atoms with E-state index in [9.17, 15) is 0 Å². The number of nitrogens with zero attached hydrogens (tertiary/aromatic N) is 1. The molecule has 1 unspecified atom stereocenters. The molecule has 1 aromatic carbocycles. The van der Waals surface area contributed by atoms with E-state index in [0.29, 0.717) is 6.04 Å². The lowest BCUT2D eigenvalue weighted by molar-refractivity contribution is 0.110. The molecular weight excluding hydrogens is 310 g/mol. The lowest BCUT2D eigenvalue weighted by Crippen LogP contribution is -2.43. The van der Waals surface area contributed by atoms with Gasteiger partial charge in [0.05, 0.1) is 6.04 Å². The molecule has 1 heterocycles. The predicted octanol–water partition coefficient (Wildman–Crippen LogP) is 4.85. The molecule has 1 atom stereocenters. The van der Waals surface area contributed by atoms with Gasteiger partial charge in [-0.3, -0.25) is 4.90 Å². The van der Waals surface area contributed by atoms with Crippen molar-refractivity contribution in [1.29, 1.82) is 0 Å². The van der Waals surface area contributed by atoms with Gasteiger partial charge >= 0.3 is 0 Å². The quantitative estimate of drug-likeness (QED) is 0.472. The zero-order chi connectivity index (χ0) is 18.1. The van der Waals surface area contributed by atoms with E-state index >= 15 is 0 Å². The second-order valence-corrected chi connectivity index (χ2v) is 7.55. The van der Waals surface area contributed by atoms with Crippen LogP contribution in [0.4, 0.5) is 0 Å². The Labute approximate surface area is 154 Å². The van der Waals surface area contributed by atoms with Crippen molar-refractivity contribution >= 4 is 0 Å². The summed E-state index contributed by atoms with van der Waals surface area (Å²) in [4.78, 5) is 2.59. The van der Waals surface area contributed by atoms with E-state index in [-0.39, 0.29) is 0 Å². The fourth-order valence-corrected chi connectivity index (χ4v) is 3.55. The van der Waals surface area contributed by atoms with Crippen molar-refractivity contribution < 1.29 is 9.47 Å². The van der Waals surface area contributed by atoms with Crippen LogP contribution >= 0.6 is 0 Å². The molecule has 0 aromatic heterocycles. The highest BCUT2D eigenvalue weighted by Crippen LogP contribution is 2.24. The minimum Gasteiger partial charge on any atom is -0.492 e. The third kappa shape index (κ3) is 7.21. The van der Waals surface area contributed by atoms with Gasteiger partial charge in [-0.2, -0.15) is 0 Å². The Balaban J connectivity index is 1.85. The highest BCUT2D eigenvalue weighted by molar-refractivity contribution is 5.26. The fourth-order valence-electron chi connectivity index (χ4n) is 3.55. The summed E-state index contributed by atoms with van der Waals surface area (Å²) >= 11 is 0. The van der Waals surface area contributed by atoms with E-state index in [0.717, 1.165) is 24.9 Å². The van der Waals surface area contributed by atoms with Crippen molar-refractivity contribution in [2.24, 2.45) is 5.92 Å². The molecule has 1 aliphatic heterocycles.